The van der Waals surface area contributed by atoms with Crippen molar-refractivity contribution in [1.29, 1.82) is 0 Å². The molecule has 0 radical (unpaired) electrons. The molecule has 208 valence electrons. The van der Waals surface area contributed by atoms with Crippen molar-refractivity contribution in [3.05, 3.63) is 126 Å². The number of rotatable bonds is 13. The highest BCUT2D eigenvalue weighted by Gasteiger charge is 2.17. The minimum atomic E-state index is -0.601. The van der Waals surface area contributed by atoms with E-state index < -0.39 is 11.9 Å². The summed E-state index contributed by atoms with van der Waals surface area (Å²) in [6.45, 7) is 2.12. The van der Waals surface area contributed by atoms with E-state index in [2.05, 4.69) is 12.1 Å². The summed E-state index contributed by atoms with van der Waals surface area (Å²) in [7, 11) is 0. The van der Waals surface area contributed by atoms with Crippen LogP contribution < -0.4 is 4.74 Å². The zero-order valence-electron chi connectivity index (χ0n) is 22.8. The second-order valence-corrected chi connectivity index (χ2v) is 10.4. The third kappa shape index (κ3) is 9.01. The fourth-order valence-electron chi connectivity index (χ4n) is 3.93. The van der Waals surface area contributed by atoms with Crippen LogP contribution >= 0.6 is 11.8 Å². The molecule has 0 amide bonds. The van der Waals surface area contributed by atoms with Gasteiger partial charge in [0.1, 0.15) is 11.5 Å². The topological polar surface area (TPSA) is 82.0 Å². The lowest BCUT2D eigenvalue weighted by atomic mass is 10.0. The van der Waals surface area contributed by atoms with Crippen molar-refractivity contribution in [1.82, 2.24) is 0 Å². The van der Waals surface area contributed by atoms with E-state index in [0.29, 0.717) is 28.9 Å². The largest absolute Gasteiger partial charge is 0.423 e. The number of para-hydroxylation sites is 1. The maximum absolute atomic E-state index is 13.3. The monoisotopic (exact) mass is 565 g/mol. The number of oxime groups is 1. The van der Waals surface area contributed by atoms with Crippen molar-refractivity contribution in [2.75, 3.05) is 0 Å². The number of ether oxygens (including phenoxy) is 1. The first kappa shape index (κ1) is 29.5. The maximum Gasteiger partial charge on any atom is 0.365 e. The molecule has 41 heavy (non-hydrogen) atoms. The molecule has 0 bridgehead atoms. The van der Waals surface area contributed by atoms with Gasteiger partial charge in [0.05, 0.1) is 11.1 Å². The van der Waals surface area contributed by atoms with Crippen LogP contribution in [-0.2, 0) is 4.84 Å². The summed E-state index contributed by atoms with van der Waals surface area (Å²) < 4.78 is 5.39. The first-order valence-corrected chi connectivity index (χ1v) is 14.4. The van der Waals surface area contributed by atoms with E-state index in [1.165, 1.54) is 11.8 Å². The number of ketones is 1. The van der Waals surface area contributed by atoms with E-state index in [4.69, 9.17) is 9.57 Å². The van der Waals surface area contributed by atoms with Crippen molar-refractivity contribution in [3.63, 3.8) is 0 Å². The SMILES string of the molecule is CCCCCC/C(=N\OC(=O)c1ccccc1)C(=O)c1ccc(Sc2ccc(C(=O)Oc3ccccc3)cc2)cc1. The Morgan fingerprint density at radius 2 is 1.20 bits per heavy atom. The van der Waals surface area contributed by atoms with Crippen LogP contribution in [0.4, 0.5) is 0 Å². The molecule has 0 saturated carbocycles. The fourth-order valence-corrected chi connectivity index (χ4v) is 4.75. The van der Waals surface area contributed by atoms with Gasteiger partial charge in [0, 0.05) is 15.4 Å². The van der Waals surface area contributed by atoms with Gasteiger partial charge in [-0.05, 0) is 85.6 Å². The number of hydrogen-bond acceptors (Lipinski definition) is 7. The minimum absolute atomic E-state index is 0.226. The number of esters is 1. The van der Waals surface area contributed by atoms with Gasteiger partial charge >= 0.3 is 11.9 Å². The van der Waals surface area contributed by atoms with Crippen molar-refractivity contribution < 1.29 is 24.0 Å². The third-order valence-electron chi connectivity index (χ3n) is 6.17. The number of benzene rings is 4. The van der Waals surface area contributed by atoms with Crippen LogP contribution in [-0.4, -0.2) is 23.4 Å². The summed E-state index contributed by atoms with van der Waals surface area (Å²) in [5.41, 5.74) is 1.52. The predicted octanol–water partition coefficient (Wildman–Crippen LogP) is 8.42. The average Bonchev–Trinajstić information content (AvgIpc) is 3.02. The number of Topliss-reactive ketones (excluding diaryl/α,β-unsaturated/α-hetero) is 1. The number of unbranched alkanes of at least 4 members (excludes halogenated alkanes) is 3. The summed E-state index contributed by atoms with van der Waals surface area (Å²) in [5.74, 6) is -0.790. The van der Waals surface area contributed by atoms with Gasteiger partial charge in [0.15, 0.2) is 0 Å². The van der Waals surface area contributed by atoms with E-state index in [9.17, 15) is 14.4 Å². The number of nitrogens with zero attached hydrogens (tertiary/aromatic N) is 1. The fraction of sp³-hybridized carbons (Fsp3) is 0.176. The zero-order valence-corrected chi connectivity index (χ0v) is 23.6. The Kier molecular flexibility index (Phi) is 11.0. The lowest BCUT2D eigenvalue weighted by Gasteiger charge is -2.08. The van der Waals surface area contributed by atoms with Gasteiger partial charge in [-0.3, -0.25) is 4.79 Å². The molecule has 6 nitrogen and oxygen atoms in total. The highest BCUT2D eigenvalue weighted by Crippen LogP contribution is 2.28. The van der Waals surface area contributed by atoms with Crippen LogP contribution in [0, 0.1) is 0 Å². The average molecular weight is 566 g/mol. The van der Waals surface area contributed by atoms with Gasteiger partial charge in [-0.2, -0.15) is 0 Å². The Balaban J connectivity index is 1.39. The second kappa shape index (κ2) is 15.3. The van der Waals surface area contributed by atoms with Crippen LogP contribution in [0.5, 0.6) is 5.75 Å². The van der Waals surface area contributed by atoms with E-state index in [-0.39, 0.29) is 11.5 Å². The van der Waals surface area contributed by atoms with Crippen LogP contribution in [0.1, 0.15) is 70.1 Å². The minimum Gasteiger partial charge on any atom is -0.423 e. The number of carbonyl (C=O) groups is 3. The molecule has 4 aromatic carbocycles. The standard InChI is InChI=1S/C34H31NO5S/c1-2-3-4-11-16-31(35-40-34(38)26-12-7-5-8-13-26)32(36)25-17-21-29(22-18-25)41-30-23-19-27(20-24-30)33(37)39-28-14-9-6-10-15-28/h5-10,12-15,17-24H,2-4,11,16H2,1H3/b35-31+. The van der Waals surface area contributed by atoms with E-state index >= 15 is 0 Å². The third-order valence-corrected chi connectivity index (χ3v) is 7.19. The van der Waals surface area contributed by atoms with Gasteiger partial charge in [0.25, 0.3) is 0 Å². The first-order valence-electron chi connectivity index (χ1n) is 13.6. The first-order chi connectivity index (χ1) is 20.0. The Bertz CT molecular complexity index is 1470. The molecule has 4 rings (SSSR count). The Labute approximate surface area is 244 Å². The Morgan fingerprint density at radius 3 is 1.80 bits per heavy atom. The van der Waals surface area contributed by atoms with E-state index in [1.807, 2.05) is 48.5 Å². The highest BCUT2D eigenvalue weighted by molar-refractivity contribution is 7.99. The second-order valence-electron chi connectivity index (χ2n) is 9.28. The lowest BCUT2D eigenvalue weighted by Crippen LogP contribution is -2.16. The van der Waals surface area contributed by atoms with Gasteiger partial charge < -0.3 is 9.57 Å². The molecule has 0 saturated heterocycles. The summed E-state index contributed by atoms with van der Waals surface area (Å²) in [6, 6.07) is 31.9. The molecular formula is C34H31NO5S. The van der Waals surface area contributed by atoms with Crippen LogP contribution in [0.2, 0.25) is 0 Å². The lowest BCUT2D eigenvalue weighted by molar-refractivity contribution is 0.0514. The van der Waals surface area contributed by atoms with Crippen molar-refractivity contribution in [2.45, 2.75) is 48.8 Å². The van der Waals surface area contributed by atoms with Gasteiger partial charge in [-0.15, -0.1) is 0 Å². The Morgan fingerprint density at radius 1 is 0.634 bits per heavy atom. The number of hydrogen-bond donors (Lipinski definition) is 0. The Hall–Kier alpha value is -4.49. The molecule has 0 aliphatic heterocycles. The molecule has 0 aromatic heterocycles. The molecule has 7 heteroatoms. The van der Waals surface area contributed by atoms with Crippen molar-refractivity contribution in [3.8, 4) is 5.75 Å². The van der Waals surface area contributed by atoms with Gasteiger partial charge in [-0.1, -0.05) is 79.5 Å². The van der Waals surface area contributed by atoms with E-state index in [0.717, 1.165) is 35.5 Å². The molecule has 0 aliphatic carbocycles. The summed E-state index contributed by atoms with van der Waals surface area (Å²) in [5, 5.41) is 3.99. The molecule has 4 aromatic rings. The summed E-state index contributed by atoms with van der Waals surface area (Å²) in [4.78, 5) is 45.1. The molecule has 0 unspecified atom stereocenters. The molecule has 0 heterocycles. The van der Waals surface area contributed by atoms with Crippen molar-refractivity contribution in [2.24, 2.45) is 5.16 Å². The van der Waals surface area contributed by atoms with Crippen LogP contribution in [0.15, 0.2) is 124 Å². The number of carbonyl (C=O) groups excluding carboxylic acids is 3. The molecular weight excluding hydrogens is 534 g/mol. The zero-order chi connectivity index (χ0) is 28.9. The highest BCUT2D eigenvalue weighted by atomic mass is 32.2. The molecule has 0 N–H and O–H groups in total. The molecule has 0 spiro atoms. The summed E-state index contributed by atoms with van der Waals surface area (Å²) in [6.07, 6.45) is 4.31. The maximum atomic E-state index is 13.3. The van der Waals surface area contributed by atoms with E-state index in [1.54, 1.807) is 60.7 Å². The van der Waals surface area contributed by atoms with Crippen LogP contribution in [0.25, 0.3) is 0 Å². The van der Waals surface area contributed by atoms with Gasteiger partial charge in [-0.25, -0.2) is 9.59 Å². The quantitative estimate of drug-likeness (QED) is 0.0308. The summed E-state index contributed by atoms with van der Waals surface area (Å²) >= 11 is 1.51. The molecule has 0 atom stereocenters. The smallest absolute Gasteiger partial charge is 0.365 e. The van der Waals surface area contributed by atoms with Crippen molar-refractivity contribution >= 4 is 35.2 Å². The van der Waals surface area contributed by atoms with Gasteiger partial charge in [0.2, 0.25) is 5.78 Å². The van der Waals surface area contributed by atoms with Crippen LogP contribution in [0.3, 0.4) is 0 Å². The molecule has 0 fully saturated rings. The molecule has 0 aliphatic rings. The normalized spacial score (nSPS) is 11.1. The predicted molar refractivity (Wildman–Crippen MR) is 161 cm³/mol.